The van der Waals surface area contributed by atoms with Crippen LogP contribution in [0, 0.1) is 0 Å². The smallest absolute Gasteiger partial charge is 0.145 e. The van der Waals surface area contributed by atoms with Gasteiger partial charge in [-0.1, -0.05) is 11.6 Å². The Kier molecular flexibility index (Phi) is 3.81. The highest BCUT2D eigenvalue weighted by Gasteiger charge is 2.03. The van der Waals surface area contributed by atoms with Crippen LogP contribution in [-0.4, -0.2) is 17.1 Å². The van der Waals surface area contributed by atoms with E-state index < -0.39 is 0 Å². The van der Waals surface area contributed by atoms with E-state index in [4.69, 9.17) is 22.2 Å². The van der Waals surface area contributed by atoms with Crippen molar-refractivity contribution >= 4 is 28.9 Å². The van der Waals surface area contributed by atoms with Crippen molar-refractivity contribution in [3.63, 3.8) is 0 Å². The third kappa shape index (κ3) is 2.79. The number of methoxy groups -OCH3 is 1. The maximum Gasteiger partial charge on any atom is 0.145 e. The Morgan fingerprint density at radius 2 is 2.00 bits per heavy atom. The summed E-state index contributed by atoms with van der Waals surface area (Å²) in [4.78, 5) is 7.98. The van der Waals surface area contributed by atoms with Crippen molar-refractivity contribution in [3.05, 3.63) is 35.6 Å². The number of ether oxygens (including phenoxy) is 1. The highest BCUT2D eigenvalue weighted by molar-refractivity contribution is 6.32. The van der Waals surface area contributed by atoms with E-state index in [1.807, 2.05) is 6.07 Å². The van der Waals surface area contributed by atoms with Crippen LogP contribution in [0.5, 0.6) is 5.75 Å². The zero-order chi connectivity index (χ0) is 13.0. The lowest BCUT2D eigenvalue weighted by atomic mass is 10.3. The summed E-state index contributed by atoms with van der Waals surface area (Å²) in [7, 11) is 1.56. The van der Waals surface area contributed by atoms with E-state index in [9.17, 15) is 0 Å². The summed E-state index contributed by atoms with van der Waals surface area (Å²) >= 11 is 5.94. The Morgan fingerprint density at radius 1 is 1.22 bits per heavy atom. The Bertz CT molecular complexity index is 549. The van der Waals surface area contributed by atoms with E-state index in [2.05, 4.69) is 20.7 Å². The number of nitrogens with two attached hydrogens (primary N) is 1. The fourth-order valence-electron chi connectivity index (χ4n) is 1.39. The topological polar surface area (TPSA) is 85.1 Å². The number of nitrogens with one attached hydrogen (secondary N) is 2. The van der Waals surface area contributed by atoms with Gasteiger partial charge in [-0.15, -0.1) is 0 Å². The molecule has 1 heterocycles. The molecule has 4 N–H and O–H groups in total. The fourth-order valence-corrected chi connectivity index (χ4v) is 1.58. The number of aromatic nitrogens is 2. The zero-order valence-electron chi connectivity index (χ0n) is 9.64. The molecule has 0 aliphatic carbocycles. The molecule has 0 saturated heterocycles. The molecule has 1 aromatic carbocycles. The Labute approximate surface area is 109 Å². The lowest BCUT2D eigenvalue weighted by molar-refractivity contribution is 0.415. The van der Waals surface area contributed by atoms with Gasteiger partial charge in [0.25, 0.3) is 0 Å². The molecule has 6 nitrogen and oxygen atoms in total. The maximum atomic E-state index is 5.94. The molecule has 0 aliphatic heterocycles. The molecule has 18 heavy (non-hydrogen) atoms. The number of hydrogen-bond donors (Lipinski definition) is 3. The molecule has 0 aliphatic rings. The second kappa shape index (κ2) is 5.52. The van der Waals surface area contributed by atoms with Crippen molar-refractivity contribution in [3.8, 4) is 5.75 Å². The summed E-state index contributed by atoms with van der Waals surface area (Å²) in [5.74, 6) is 7.00. The molecule has 2 aromatic rings. The van der Waals surface area contributed by atoms with Crippen molar-refractivity contribution in [2.75, 3.05) is 17.9 Å². The third-order valence-corrected chi connectivity index (χ3v) is 2.55. The molecular weight excluding hydrogens is 254 g/mol. The predicted molar refractivity (Wildman–Crippen MR) is 71.1 cm³/mol. The number of nitrogens with zero attached hydrogens (tertiary/aromatic N) is 2. The van der Waals surface area contributed by atoms with Crippen LogP contribution in [0.15, 0.2) is 30.6 Å². The number of halogens is 1. The number of hydrogen-bond acceptors (Lipinski definition) is 6. The molecule has 7 heteroatoms. The lowest BCUT2D eigenvalue weighted by Crippen LogP contribution is -2.09. The molecule has 0 atom stereocenters. The molecule has 0 unspecified atom stereocenters. The zero-order valence-corrected chi connectivity index (χ0v) is 10.4. The van der Waals surface area contributed by atoms with Crippen molar-refractivity contribution in [2.24, 2.45) is 5.84 Å². The summed E-state index contributed by atoms with van der Waals surface area (Å²) in [5, 5.41) is 3.65. The first-order valence-corrected chi connectivity index (χ1v) is 5.50. The summed E-state index contributed by atoms with van der Waals surface area (Å²) < 4.78 is 5.13. The van der Waals surface area contributed by atoms with Gasteiger partial charge in [0.05, 0.1) is 12.1 Å². The first-order chi connectivity index (χ1) is 8.72. The van der Waals surface area contributed by atoms with E-state index in [-0.39, 0.29) is 0 Å². The molecule has 0 fully saturated rings. The van der Waals surface area contributed by atoms with Crippen LogP contribution in [0.25, 0.3) is 0 Å². The van der Waals surface area contributed by atoms with Crippen LogP contribution in [0.4, 0.5) is 17.3 Å². The molecule has 0 spiro atoms. The van der Waals surface area contributed by atoms with E-state index in [1.54, 1.807) is 25.3 Å². The summed E-state index contributed by atoms with van der Waals surface area (Å²) in [5.41, 5.74) is 3.25. The van der Waals surface area contributed by atoms with Crippen LogP contribution in [0.3, 0.4) is 0 Å². The summed E-state index contributed by atoms with van der Waals surface area (Å²) in [6.45, 7) is 0. The maximum absolute atomic E-state index is 5.94. The van der Waals surface area contributed by atoms with Gasteiger partial charge in [0, 0.05) is 17.8 Å². The Balaban J connectivity index is 2.22. The third-order valence-electron chi connectivity index (χ3n) is 2.24. The van der Waals surface area contributed by atoms with E-state index >= 15 is 0 Å². The second-order valence-electron chi connectivity index (χ2n) is 3.41. The minimum Gasteiger partial charge on any atom is -0.495 e. The Morgan fingerprint density at radius 3 is 2.72 bits per heavy atom. The summed E-state index contributed by atoms with van der Waals surface area (Å²) in [6.07, 6.45) is 1.41. The predicted octanol–water partition coefficient (Wildman–Crippen LogP) is 2.17. The van der Waals surface area contributed by atoms with Crippen molar-refractivity contribution in [2.45, 2.75) is 0 Å². The van der Waals surface area contributed by atoms with Crippen LogP contribution < -0.4 is 21.3 Å². The van der Waals surface area contributed by atoms with E-state index in [0.717, 1.165) is 5.69 Å². The van der Waals surface area contributed by atoms with E-state index in [1.165, 1.54) is 6.33 Å². The second-order valence-corrected chi connectivity index (χ2v) is 3.81. The number of anilines is 3. The van der Waals surface area contributed by atoms with Gasteiger partial charge >= 0.3 is 0 Å². The average Bonchev–Trinajstić information content (AvgIpc) is 2.41. The SMILES string of the molecule is COc1cc(Nc2cc(NN)ncn2)ccc1Cl. The van der Waals surface area contributed by atoms with Crippen molar-refractivity contribution < 1.29 is 4.74 Å². The molecule has 2 rings (SSSR count). The van der Waals surface area contributed by atoms with Gasteiger partial charge < -0.3 is 15.5 Å². The normalized spacial score (nSPS) is 9.94. The summed E-state index contributed by atoms with van der Waals surface area (Å²) in [6, 6.07) is 7.02. The number of benzene rings is 1. The van der Waals surface area contributed by atoms with Gasteiger partial charge in [-0.3, -0.25) is 0 Å². The van der Waals surface area contributed by atoms with Crippen molar-refractivity contribution in [1.29, 1.82) is 0 Å². The van der Waals surface area contributed by atoms with Gasteiger partial charge in [-0.2, -0.15) is 0 Å². The quantitative estimate of drug-likeness (QED) is 0.580. The van der Waals surface area contributed by atoms with Gasteiger partial charge in [-0.05, 0) is 12.1 Å². The van der Waals surface area contributed by atoms with Gasteiger partial charge in [0.15, 0.2) is 0 Å². The van der Waals surface area contributed by atoms with Crippen LogP contribution in [0.2, 0.25) is 5.02 Å². The number of hydrazine groups is 1. The van der Waals surface area contributed by atoms with Crippen LogP contribution in [-0.2, 0) is 0 Å². The monoisotopic (exact) mass is 265 g/mol. The van der Waals surface area contributed by atoms with Gasteiger partial charge in [0.1, 0.15) is 23.7 Å². The highest BCUT2D eigenvalue weighted by atomic mass is 35.5. The molecule has 1 aromatic heterocycles. The minimum atomic E-state index is 0.522. The standard InChI is InChI=1S/C11H12ClN5O/c1-18-9-4-7(2-3-8(9)12)16-10-5-11(17-13)15-6-14-10/h2-6H,13H2,1H3,(H2,14,15,16,17). The number of nitrogen functional groups attached to an aromatic ring is 1. The first-order valence-electron chi connectivity index (χ1n) is 5.12. The molecule has 94 valence electrons. The van der Waals surface area contributed by atoms with Gasteiger partial charge in [-0.25, -0.2) is 15.8 Å². The minimum absolute atomic E-state index is 0.522. The average molecular weight is 266 g/mol. The molecule has 0 saturated carbocycles. The molecular formula is C11H12ClN5O. The fraction of sp³-hybridized carbons (Fsp3) is 0.0909. The van der Waals surface area contributed by atoms with Crippen LogP contribution in [0.1, 0.15) is 0 Å². The largest absolute Gasteiger partial charge is 0.495 e. The molecule has 0 radical (unpaired) electrons. The van der Waals surface area contributed by atoms with Crippen LogP contribution >= 0.6 is 11.6 Å². The van der Waals surface area contributed by atoms with Gasteiger partial charge in [0.2, 0.25) is 0 Å². The molecule has 0 bridgehead atoms. The van der Waals surface area contributed by atoms with E-state index in [0.29, 0.717) is 22.4 Å². The van der Waals surface area contributed by atoms with Crippen molar-refractivity contribution in [1.82, 2.24) is 9.97 Å². The lowest BCUT2D eigenvalue weighted by Gasteiger charge is -2.09. The Hall–Kier alpha value is -2.05. The number of rotatable bonds is 4. The molecule has 0 amide bonds. The highest BCUT2D eigenvalue weighted by Crippen LogP contribution is 2.28. The first kappa shape index (κ1) is 12.4.